The molecule has 0 unspecified atom stereocenters. The number of thiophene rings is 1. The maximum absolute atomic E-state index is 13.2. The maximum Gasteiger partial charge on any atom is 0.409 e. The van der Waals surface area contributed by atoms with Gasteiger partial charge in [-0.3, -0.25) is 9.52 Å². The Morgan fingerprint density at radius 1 is 1.11 bits per heavy atom. The number of carbonyl (C=O) groups excluding carboxylic acids is 2. The Balaban J connectivity index is 1.58. The zero-order valence-corrected chi connectivity index (χ0v) is 21.0. The Hall–Kier alpha value is -4.08. The van der Waals surface area contributed by atoms with Gasteiger partial charge in [-0.15, -0.1) is 11.3 Å². The third-order valence-corrected chi connectivity index (χ3v) is 8.13. The summed E-state index contributed by atoms with van der Waals surface area (Å²) in [5.41, 5.74) is 1.29. The Bertz CT molecular complexity index is 1460. The fourth-order valence-electron chi connectivity index (χ4n) is 3.79. The predicted molar refractivity (Wildman–Crippen MR) is 134 cm³/mol. The van der Waals surface area contributed by atoms with Crippen LogP contribution in [0.2, 0.25) is 0 Å². The molecule has 0 saturated heterocycles. The number of hydrogen-bond donors (Lipinski definition) is 2. The van der Waals surface area contributed by atoms with Gasteiger partial charge >= 0.3 is 6.09 Å². The van der Waals surface area contributed by atoms with Crippen molar-refractivity contribution in [2.24, 2.45) is 0 Å². The zero-order chi connectivity index (χ0) is 25.9. The molecule has 3 aromatic rings. The molecule has 0 aliphatic carbocycles. The average Bonchev–Trinajstić information content (AvgIpc) is 3.24. The molecule has 0 radical (unpaired) electrons. The Kier molecular flexibility index (Phi) is 7.14. The van der Waals surface area contributed by atoms with Crippen LogP contribution in [0, 0.1) is 11.3 Å². The molecular weight excluding hydrogens is 504 g/mol. The number of rotatable bonds is 6. The van der Waals surface area contributed by atoms with Crippen LogP contribution in [-0.4, -0.2) is 46.1 Å². The molecule has 186 valence electrons. The van der Waals surface area contributed by atoms with E-state index in [1.54, 1.807) is 12.1 Å². The van der Waals surface area contributed by atoms with E-state index in [4.69, 9.17) is 9.47 Å². The third-order valence-electron chi connectivity index (χ3n) is 5.61. The second-order valence-electron chi connectivity index (χ2n) is 7.74. The molecule has 2 heterocycles. The van der Waals surface area contributed by atoms with Crippen LogP contribution < -0.4 is 14.8 Å². The Labute approximate surface area is 212 Å². The van der Waals surface area contributed by atoms with Crippen LogP contribution in [0.3, 0.4) is 0 Å². The molecule has 36 heavy (non-hydrogen) atoms. The molecule has 0 saturated carbocycles. The number of carbonyl (C=O) groups is 2. The van der Waals surface area contributed by atoms with Crippen molar-refractivity contribution >= 4 is 44.0 Å². The van der Waals surface area contributed by atoms with Crippen molar-refractivity contribution in [3.63, 3.8) is 0 Å². The Morgan fingerprint density at radius 2 is 1.83 bits per heavy atom. The minimum Gasteiger partial charge on any atom is -0.497 e. The number of benzene rings is 2. The summed E-state index contributed by atoms with van der Waals surface area (Å²) in [7, 11) is -1.20. The van der Waals surface area contributed by atoms with Crippen LogP contribution in [0.1, 0.15) is 26.4 Å². The number of amides is 2. The number of nitrogens with one attached hydrogen (secondary N) is 2. The first-order valence-corrected chi connectivity index (χ1v) is 13.0. The van der Waals surface area contributed by atoms with E-state index < -0.39 is 22.0 Å². The van der Waals surface area contributed by atoms with E-state index in [0.29, 0.717) is 29.3 Å². The van der Waals surface area contributed by atoms with Gasteiger partial charge in [-0.05, 0) is 48.4 Å². The van der Waals surface area contributed by atoms with Crippen LogP contribution in [-0.2, 0) is 27.7 Å². The monoisotopic (exact) mass is 526 g/mol. The van der Waals surface area contributed by atoms with Crippen LogP contribution >= 0.6 is 11.3 Å². The normalized spacial score (nSPS) is 12.8. The van der Waals surface area contributed by atoms with Crippen molar-refractivity contribution in [2.45, 2.75) is 17.9 Å². The highest BCUT2D eigenvalue weighted by molar-refractivity contribution is 7.92. The number of anilines is 2. The molecule has 4 rings (SSSR count). The highest BCUT2D eigenvalue weighted by Gasteiger charge is 2.28. The van der Waals surface area contributed by atoms with E-state index in [2.05, 4.69) is 16.1 Å². The molecule has 0 fully saturated rings. The first-order valence-electron chi connectivity index (χ1n) is 10.7. The predicted octanol–water partition coefficient (Wildman–Crippen LogP) is 3.81. The minimum absolute atomic E-state index is 0.00590. The van der Waals surface area contributed by atoms with Gasteiger partial charge < -0.3 is 19.7 Å². The van der Waals surface area contributed by atoms with E-state index in [1.807, 2.05) is 0 Å². The summed E-state index contributed by atoms with van der Waals surface area (Å²) in [5, 5.41) is 12.8. The van der Waals surface area contributed by atoms with Crippen LogP contribution in [0.4, 0.5) is 15.5 Å². The van der Waals surface area contributed by atoms with E-state index in [-0.39, 0.29) is 22.7 Å². The van der Waals surface area contributed by atoms with E-state index >= 15 is 0 Å². The van der Waals surface area contributed by atoms with Gasteiger partial charge in [0.2, 0.25) is 0 Å². The van der Waals surface area contributed by atoms with Gasteiger partial charge in [-0.1, -0.05) is 12.1 Å². The van der Waals surface area contributed by atoms with Gasteiger partial charge in [0.05, 0.1) is 42.5 Å². The van der Waals surface area contributed by atoms with Crippen molar-refractivity contribution in [3.8, 4) is 11.8 Å². The maximum atomic E-state index is 13.2. The lowest BCUT2D eigenvalue weighted by Gasteiger charge is -2.25. The first kappa shape index (κ1) is 25.0. The van der Waals surface area contributed by atoms with Crippen molar-refractivity contribution < 1.29 is 27.5 Å². The highest BCUT2D eigenvalue weighted by Crippen LogP contribution is 2.37. The lowest BCUT2D eigenvalue weighted by atomic mass is 10.0. The Morgan fingerprint density at radius 3 is 2.50 bits per heavy atom. The van der Waals surface area contributed by atoms with Crippen LogP contribution in [0.5, 0.6) is 5.75 Å². The number of nitriles is 1. The SMILES string of the molecule is COC(=O)N1CCc2c(sc(NC(=O)c3ccccc3NS(=O)(=O)c3ccc(OC)cc3)c2C#N)C1. The smallest absolute Gasteiger partial charge is 0.409 e. The number of ether oxygens (including phenoxy) is 2. The lowest BCUT2D eigenvalue weighted by Crippen LogP contribution is -2.35. The molecule has 2 aromatic carbocycles. The second kappa shape index (κ2) is 10.3. The van der Waals surface area contributed by atoms with Crippen molar-refractivity contribution in [2.75, 3.05) is 30.8 Å². The van der Waals surface area contributed by atoms with Gasteiger partial charge in [0.25, 0.3) is 15.9 Å². The molecular formula is C24H22N4O6S2. The molecule has 0 atom stereocenters. The summed E-state index contributed by atoms with van der Waals surface area (Å²) in [5.74, 6) is -0.0710. The number of nitrogens with zero attached hydrogens (tertiary/aromatic N) is 2. The summed E-state index contributed by atoms with van der Waals surface area (Å²) in [6, 6.07) is 14.2. The molecule has 1 aromatic heterocycles. The quantitative estimate of drug-likeness (QED) is 0.498. The molecule has 10 nitrogen and oxygen atoms in total. The number of fused-ring (bicyclic) bond motifs is 1. The number of methoxy groups -OCH3 is 2. The van der Waals surface area contributed by atoms with Crippen molar-refractivity contribution in [3.05, 3.63) is 70.1 Å². The van der Waals surface area contributed by atoms with Crippen LogP contribution in [0.25, 0.3) is 0 Å². The van der Waals surface area contributed by atoms with Gasteiger partial charge in [0.15, 0.2) is 0 Å². The number of sulfonamides is 1. The average molecular weight is 527 g/mol. The van der Waals surface area contributed by atoms with Gasteiger partial charge in [0, 0.05) is 11.4 Å². The standard InChI is InChI=1S/C24H22N4O6S2/c1-33-15-7-9-16(10-8-15)36(31,32)27-20-6-4-3-5-18(20)22(29)26-23-19(13-25)17-11-12-28(24(30)34-2)14-21(17)35-23/h3-10,27H,11-12,14H2,1-2H3,(H,26,29). The van der Waals surface area contributed by atoms with Crippen LogP contribution in [0.15, 0.2) is 53.4 Å². The molecule has 1 aliphatic heterocycles. The summed E-state index contributed by atoms with van der Waals surface area (Å²) in [6.07, 6.45) is -0.00554. The minimum atomic E-state index is -3.98. The van der Waals surface area contributed by atoms with E-state index in [1.165, 1.54) is 66.9 Å². The second-order valence-corrected chi connectivity index (χ2v) is 10.5. The molecule has 0 bridgehead atoms. The van der Waals surface area contributed by atoms with E-state index in [0.717, 1.165) is 10.4 Å². The molecule has 0 spiro atoms. The zero-order valence-electron chi connectivity index (χ0n) is 19.4. The van der Waals surface area contributed by atoms with Gasteiger partial charge in [-0.2, -0.15) is 5.26 Å². The first-order chi connectivity index (χ1) is 17.3. The number of para-hydroxylation sites is 1. The molecule has 1 aliphatic rings. The summed E-state index contributed by atoms with van der Waals surface area (Å²) in [4.78, 5) is 27.4. The fraction of sp³-hybridized carbons (Fsp3) is 0.208. The van der Waals surface area contributed by atoms with Gasteiger partial charge in [-0.25, -0.2) is 13.2 Å². The largest absolute Gasteiger partial charge is 0.497 e. The summed E-state index contributed by atoms with van der Waals surface area (Å²) < 4.78 is 38.1. The van der Waals surface area contributed by atoms with E-state index in [9.17, 15) is 23.3 Å². The fourth-order valence-corrected chi connectivity index (χ4v) is 6.08. The lowest BCUT2D eigenvalue weighted by molar-refractivity contribution is 0.102. The summed E-state index contributed by atoms with van der Waals surface area (Å²) in [6.45, 7) is 0.671. The van der Waals surface area contributed by atoms with Crippen molar-refractivity contribution in [1.29, 1.82) is 5.26 Å². The highest BCUT2D eigenvalue weighted by atomic mass is 32.2. The topological polar surface area (TPSA) is 138 Å². The van der Waals surface area contributed by atoms with Crippen molar-refractivity contribution in [1.82, 2.24) is 4.90 Å². The molecule has 12 heteroatoms. The third kappa shape index (κ3) is 4.98. The number of hydrogen-bond acceptors (Lipinski definition) is 8. The summed E-state index contributed by atoms with van der Waals surface area (Å²) >= 11 is 1.21. The molecule has 2 amide bonds. The van der Waals surface area contributed by atoms with Gasteiger partial charge in [0.1, 0.15) is 16.8 Å². The molecule has 2 N–H and O–H groups in total.